The molecule has 1 aliphatic heterocycles. The molecule has 0 aromatic carbocycles. The summed E-state index contributed by atoms with van der Waals surface area (Å²) in [5.41, 5.74) is 0.411. The van der Waals surface area contributed by atoms with Crippen LogP contribution in [0, 0.1) is 0 Å². The zero-order chi connectivity index (χ0) is 22.7. The third-order valence-corrected chi connectivity index (χ3v) is 7.44. The van der Waals surface area contributed by atoms with Gasteiger partial charge in [-0.1, -0.05) is 0 Å². The van der Waals surface area contributed by atoms with Crippen molar-refractivity contribution >= 4 is 27.6 Å². The first-order valence-electron chi connectivity index (χ1n) is 10.4. The molecule has 170 valence electrons. The van der Waals surface area contributed by atoms with Crippen LogP contribution in [0.15, 0.2) is 35.6 Å². The van der Waals surface area contributed by atoms with Crippen LogP contribution in [0.4, 0.5) is 10.6 Å². The zero-order valence-corrected chi connectivity index (χ0v) is 18.4. The summed E-state index contributed by atoms with van der Waals surface area (Å²) in [6.45, 7) is 2.86. The van der Waals surface area contributed by atoms with E-state index in [0.29, 0.717) is 43.4 Å². The molecule has 2 aromatic heterocycles. The molecule has 3 amide bonds. The van der Waals surface area contributed by atoms with Gasteiger partial charge in [0.1, 0.15) is 0 Å². The van der Waals surface area contributed by atoms with Crippen LogP contribution < -0.4 is 15.0 Å². The van der Waals surface area contributed by atoms with Crippen LogP contribution in [0.5, 0.6) is 5.88 Å². The highest BCUT2D eigenvalue weighted by Gasteiger charge is 2.37. The molecule has 2 fully saturated rings. The molecule has 0 spiro atoms. The number of rotatable bonds is 7. The molecule has 1 saturated carbocycles. The molecule has 1 aliphatic carbocycles. The lowest BCUT2D eigenvalue weighted by Crippen LogP contribution is -2.55. The molecule has 3 heterocycles. The van der Waals surface area contributed by atoms with Crippen molar-refractivity contribution in [2.45, 2.75) is 36.5 Å². The number of aromatic nitrogens is 3. The van der Waals surface area contributed by atoms with Crippen LogP contribution in [-0.4, -0.2) is 71.7 Å². The Morgan fingerprint density at radius 2 is 2.09 bits per heavy atom. The van der Waals surface area contributed by atoms with Crippen LogP contribution in [-0.2, 0) is 21.2 Å². The number of ether oxygens (including phenoxy) is 1. The maximum Gasteiger partial charge on any atom is 0.324 e. The number of urea groups is 1. The predicted molar refractivity (Wildman–Crippen MR) is 114 cm³/mol. The number of hydrogen-bond donors (Lipinski definition) is 1. The van der Waals surface area contributed by atoms with Gasteiger partial charge in [0.15, 0.2) is 15.7 Å². The van der Waals surface area contributed by atoms with Gasteiger partial charge in [-0.2, -0.15) is 4.98 Å². The average molecular weight is 461 g/mol. The molecule has 1 saturated heterocycles. The molecule has 0 unspecified atom stereocenters. The second-order valence-electron chi connectivity index (χ2n) is 7.50. The molecule has 32 heavy (non-hydrogen) atoms. The van der Waals surface area contributed by atoms with Crippen LogP contribution in [0.3, 0.4) is 0 Å². The fraction of sp³-hybridized carbons (Fsp3) is 0.450. The Labute approximate surface area is 185 Å². The van der Waals surface area contributed by atoms with E-state index in [-0.39, 0.29) is 35.7 Å². The van der Waals surface area contributed by atoms with E-state index < -0.39 is 15.9 Å². The number of imide groups is 1. The van der Waals surface area contributed by atoms with Gasteiger partial charge >= 0.3 is 6.03 Å². The Balaban J connectivity index is 1.34. The van der Waals surface area contributed by atoms with Gasteiger partial charge in [-0.05, 0) is 31.9 Å². The van der Waals surface area contributed by atoms with E-state index >= 15 is 0 Å². The maximum absolute atomic E-state index is 12.6. The summed E-state index contributed by atoms with van der Waals surface area (Å²) in [5.74, 6) is 0.494. The lowest BCUT2D eigenvalue weighted by Gasteiger charge is -2.33. The lowest BCUT2D eigenvalue weighted by molar-refractivity contribution is -0.127. The molecule has 0 bridgehead atoms. The molecule has 11 nitrogen and oxygen atoms in total. The fourth-order valence-corrected chi connectivity index (χ4v) is 5.05. The van der Waals surface area contributed by atoms with Crippen molar-refractivity contribution in [1.82, 2.24) is 25.2 Å². The van der Waals surface area contributed by atoms with Crippen LogP contribution in [0.1, 0.15) is 25.5 Å². The Morgan fingerprint density at radius 1 is 1.28 bits per heavy atom. The van der Waals surface area contributed by atoms with Crippen LogP contribution in [0.2, 0.25) is 0 Å². The van der Waals surface area contributed by atoms with Crippen molar-refractivity contribution in [2.24, 2.45) is 0 Å². The second kappa shape index (κ2) is 9.07. The largest absolute Gasteiger partial charge is 0.477 e. The van der Waals surface area contributed by atoms with Gasteiger partial charge in [-0.25, -0.2) is 13.2 Å². The molecule has 2 aliphatic rings. The van der Waals surface area contributed by atoms with Gasteiger partial charge in [0.2, 0.25) is 11.8 Å². The Morgan fingerprint density at radius 3 is 2.81 bits per heavy atom. The number of nitrogens with zero attached hydrogens (tertiary/aromatic N) is 5. The van der Waals surface area contributed by atoms with Crippen molar-refractivity contribution < 1.29 is 22.7 Å². The molecular weight excluding hydrogens is 436 g/mol. The van der Waals surface area contributed by atoms with Gasteiger partial charge in [0.25, 0.3) is 0 Å². The van der Waals surface area contributed by atoms with E-state index in [0.717, 1.165) is 4.90 Å². The molecule has 2 aromatic rings. The van der Waals surface area contributed by atoms with E-state index in [1.54, 1.807) is 11.1 Å². The Bertz CT molecular complexity index is 1120. The minimum atomic E-state index is -3.34. The SMILES string of the molecule is CCOc1cncc(N2CCN(C(=O)NCc3cc(S(=O)(=O)C4CC4)ccn3)C(=O)C2)n1. The number of pyridine rings is 1. The van der Waals surface area contributed by atoms with Gasteiger partial charge in [-0.15, -0.1) is 0 Å². The standard InChI is InChI=1S/C20H24N6O5S/c1-2-31-18-12-21-11-17(24-18)25-7-8-26(19(27)13-25)20(28)23-10-14-9-16(5-6-22-14)32(29,30)15-3-4-15/h5-6,9,11-12,15H,2-4,7-8,10,13H2,1H3,(H,23,28). The molecule has 0 radical (unpaired) electrons. The highest BCUT2D eigenvalue weighted by Crippen LogP contribution is 2.33. The molecule has 12 heteroatoms. The quantitative estimate of drug-likeness (QED) is 0.635. The van der Waals surface area contributed by atoms with E-state index in [1.165, 1.54) is 24.5 Å². The van der Waals surface area contributed by atoms with Crippen LogP contribution in [0.25, 0.3) is 0 Å². The number of nitrogens with one attached hydrogen (secondary N) is 1. The summed E-state index contributed by atoms with van der Waals surface area (Å²) in [4.78, 5) is 40.7. The highest BCUT2D eigenvalue weighted by molar-refractivity contribution is 7.92. The summed E-state index contributed by atoms with van der Waals surface area (Å²) in [6, 6.07) is 2.38. The zero-order valence-electron chi connectivity index (χ0n) is 17.6. The van der Waals surface area contributed by atoms with Crippen molar-refractivity contribution in [2.75, 3.05) is 31.1 Å². The monoisotopic (exact) mass is 460 g/mol. The maximum atomic E-state index is 12.6. The number of sulfone groups is 1. The third-order valence-electron chi connectivity index (χ3n) is 5.18. The first-order chi connectivity index (χ1) is 15.4. The smallest absolute Gasteiger partial charge is 0.324 e. The van der Waals surface area contributed by atoms with E-state index in [2.05, 4.69) is 20.3 Å². The van der Waals surface area contributed by atoms with Gasteiger partial charge < -0.3 is 15.0 Å². The van der Waals surface area contributed by atoms with Crippen LogP contribution >= 0.6 is 0 Å². The minimum Gasteiger partial charge on any atom is -0.477 e. The first-order valence-corrected chi connectivity index (χ1v) is 11.9. The summed E-state index contributed by atoms with van der Waals surface area (Å²) < 4.78 is 30.1. The van der Waals surface area contributed by atoms with Crippen molar-refractivity contribution in [3.8, 4) is 5.88 Å². The van der Waals surface area contributed by atoms with Gasteiger partial charge in [0.05, 0.1) is 47.9 Å². The number of carbonyl (C=O) groups excluding carboxylic acids is 2. The van der Waals surface area contributed by atoms with Gasteiger partial charge in [-0.3, -0.25) is 19.7 Å². The lowest BCUT2D eigenvalue weighted by atomic mass is 10.3. The minimum absolute atomic E-state index is 0.0161. The average Bonchev–Trinajstić information content (AvgIpc) is 3.64. The third kappa shape index (κ3) is 4.79. The van der Waals surface area contributed by atoms with Crippen molar-refractivity contribution in [1.29, 1.82) is 0 Å². The van der Waals surface area contributed by atoms with Gasteiger partial charge in [0, 0.05) is 19.3 Å². The highest BCUT2D eigenvalue weighted by atomic mass is 32.2. The van der Waals surface area contributed by atoms with E-state index in [9.17, 15) is 18.0 Å². The summed E-state index contributed by atoms with van der Waals surface area (Å²) in [7, 11) is -3.34. The molecule has 0 atom stereocenters. The second-order valence-corrected chi connectivity index (χ2v) is 9.73. The summed E-state index contributed by atoms with van der Waals surface area (Å²) in [5, 5.41) is 2.33. The molecular formula is C20H24N6O5S. The van der Waals surface area contributed by atoms with E-state index in [4.69, 9.17) is 4.74 Å². The first kappa shape index (κ1) is 21.9. The number of carbonyl (C=O) groups is 2. The molecule has 1 N–H and O–H groups in total. The van der Waals surface area contributed by atoms with E-state index in [1.807, 2.05) is 6.92 Å². The Kier molecular flexibility index (Phi) is 6.21. The summed E-state index contributed by atoms with van der Waals surface area (Å²) in [6.07, 6.45) is 5.80. The predicted octanol–water partition coefficient (Wildman–Crippen LogP) is 0.765. The fourth-order valence-electron chi connectivity index (χ4n) is 3.35. The number of hydrogen-bond acceptors (Lipinski definition) is 9. The number of piperazine rings is 1. The molecule has 4 rings (SSSR count). The van der Waals surface area contributed by atoms with Crippen molar-refractivity contribution in [3.05, 3.63) is 36.4 Å². The number of amides is 3. The van der Waals surface area contributed by atoms with Crippen molar-refractivity contribution in [3.63, 3.8) is 0 Å². The topological polar surface area (TPSA) is 135 Å². The normalized spacial score (nSPS) is 16.7. The number of anilines is 1. The summed E-state index contributed by atoms with van der Waals surface area (Å²) >= 11 is 0. The Hall–Kier alpha value is -3.28.